The lowest BCUT2D eigenvalue weighted by molar-refractivity contribution is -0.135. The van der Waals surface area contributed by atoms with Crippen LogP contribution in [0.15, 0.2) is 59.6 Å². The average Bonchev–Trinajstić information content (AvgIpc) is 3.35. The van der Waals surface area contributed by atoms with E-state index in [9.17, 15) is 26.8 Å². The van der Waals surface area contributed by atoms with Gasteiger partial charge in [-0.25, -0.2) is 27.0 Å². The molecule has 292 valence electrons. The number of pyridine rings is 1. The molecule has 54 heavy (non-hydrogen) atoms. The number of nitrogens with zero attached hydrogens (tertiary/aromatic N) is 5. The van der Waals surface area contributed by atoms with Gasteiger partial charge in [-0.15, -0.1) is 0 Å². The number of ether oxygens (including phenoxy) is 2. The van der Waals surface area contributed by atoms with Crippen LogP contribution in [0, 0.1) is 11.6 Å². The fourth-order valence-electron chi connectivity index (χ4n) is 6.42. The van der Waals surface area contributed by atoms with Crippen LogP contribution in [0.1, 0.15) is 37.8 Å². The van der Waals surface area contributed by atoms with E-state index in [1.165, 1.54) is 48.5 Å². The Balaban J connectivity index is 0.000000740. The molecule has 2 saturated heterocycles. The molecule has 0 aliphatic carbocycles. The number of carbonyl (C=O) groups is 4. The molecule has 3 aromatic rings. The molecule has 3 aliphatic heterocycles. The van der Waals surface area contributed by atoms with Gasteiger partial charge < -0.3 is 29.5 Å². The molecule has 2 fully saturated rings. The van der Waals surface area contributed by atoms with Crippen molar-refractivity contribution in [2.24, 2.45) is 0 Å². The maximum atomic E-state index is 14.9. The third kappa shape index (κ3) is 9.06. The first kappa shape index (κ1) is 41.8. The van der Waals surface area contributed by atoms with Crippen molar-refractivity contribution in [3.8, 4) is 5.88 Å². The van der Waals surface area contributed by atoms with Gasteiger partial charge in [0.25, 0.3) is 33.5 Å². The second-order valence-corrected chi connectivity index (χ2v) is 14.7. The van der Waals surface area contributed by atoms with Gasteiger partial charge in [0.2, 0.25) is 5.88 Å². The molecule has 4 heterocycles. The maximum absolute atomic E-state index is 14.9. The van der Waals surface area contributed by atoms with Crippen LogP contribution in [-0.4, -0.2) is 122 Å². The quantitative estimate of drug-likeness (QED) is 0.365. The number of carboxylic acid groups (broad SMARTS) is 2. The highest BCUT2D eigenvalue weighted by Crippen LogP contribution is 2.52. The van der Waals surface area contributed by atoms with E-state index in [0.29, 0.717) is 42.6 Å². The number of halogens is 3. The van der Waals surface area contributed by atoms with Gasteiger partial charge in [-0.3, -0.25) is 19.3 Å². The monoisotopic (exact) mass is 795 g/mol. The van der Waals surface area contributed by atoms with Crippen molar-refractivity contribution in [1.29, 1.82) is 0 Å². The Labute approximate surface area is 315 Å². The van der Waals surface area contributed by atoms with Gasteiger partial charge in [0.1, 0.15) is 16.5 Å². The second-order valence-electron chi connectivity index (χ2n) is 12.5. The van der Waals surface area contributed by atoms with Crippen LogP contribution < -0.4 is 9.04 Å². The fraction of sp³-hybridized carbons (Fsp3) is 0.400. The van der Waals surface area contributed by atoms with Crippen LogP contribution in [0.2, 0.25) is 5.02 Å². The Bertz CT molecular complexity index is 1970. The van der Waals surface area contributed by atoms with Crippen molar-refractivity contribution < 1.29 is 56.1 Å². The van der Waals surface area contributed by atoms with Gasteiger partial charge in [0.15, 0.2) is 0 Å². The molecule has 0 saturated carbocycles. The summed E-state index contributed by atoms with van der Waals surface area (Å²) in [4.78, 5) is 56.0. The molecule has 2 N–H and O–H groups in total. The van der Waals surface area contributed by atoms with Gasteiger partial charge in [0.05, 0.1) is 18.4 Å². The number of piperidine rings is 1. The average molecular weight is 796 g/mol. The smallest absolute Gasteiger partial charge is 0.411 e. The SMILES string of the molecule is CC(=O)O.CC(=O)O.COc1ncccc1C1(OC(=O)N2CCN(C3CCN(C)CC3)CC2)C(=O)N(S(=O)(=O)c2ccc(F)cc2F)c2ccc(Cl)cc21. The van der Waals surface area contributed by atoms with E-state index in [2.05, 4.69) is 21.8 Å². The number of aliphatic carboxylic acids is 2. The molecule has 19 heteroatoms. The van der Waals surface area contributed by atoms with Crippen molar-refractivity contribution in [2.75, 3.05) is 57.7 Å². The second kappa shape index (κ2) is 17.5. The Morgan fingerprint density at radius 2 is 1.54 bits per heavy atom. The lowest BCUT2D eigenvalue weighted by Crippen LogP contribution is -2.55. The third-order valence-corrected chi connectivity index (χ3v) is 10.8. The van der Waals surface area contributed by atoms with E-state index in [0.717, 1.165) is 51.9 Å². The zero-order chi connectivity index (χ0) is 40.0. The summed E-state index contributed by atoms with van der Waals surface area (Å²) in [5.74, 6) is -5.44. The molecule has 1 aromatic heterocycles. The first-order chi connectivity index (χ1) is 25.4. The fourth-order valence-corrected chi connectivity index (χ4v) is 8.10. The van der Waals surface area contributed by atoms with E-state index in [1.807, 2.05) is 0 Å². The number of amides is 2. The van der Waals surface area contributed by atoms with E-state index in [4.69, 9.17) is 40.9 Å². The standard InChI is InChI=1S/C31H32ClF2N5O6S.2C2H4O2/c1-36-12-9-22(10-13-36)37-14-16-38(17-15-37)30(41)45-31(23-4-3-11-35-28(23)44-2)24-18-20(32)5-7-26(24)39(29(31)40)46(42,43)27-8-6-21(33)19-25(27)34;2*1-2(3)4/h3-8,11,18-19,22H,9-10,12-17H2,1-2H3;2*1H3,(H,3,4). The highest BCUT2D eigenvalue weighted by atomic mass is 35.5. The van der Waals surface area contributed by atoms with Crippen LogP contribution >= 0.6 is 11.6 Å². The number of hydrogen-bond acceptors (Lipinski definition) is 11. The zero-order valence-electron chi connectivity index (χ0n) is 29.9. The molecule has 15 nitrogen and oxygen atoms in total. The summed E-state index contributed by atoms with van der Waals surface area (Å²) in [6.45, 7) is 5.96. The largest absolute Gasteiger partial charge is 0.481 e. The van der Waals surface area contributed by atoms with E-state index >= 15 is 0 Å². The number of fused-ring (bicyclic) bond motifs is 1. The minimum atomic E-state index is -5.02. The first-order valence-electron chi connectivity index (χ1n) is 16.6. The number of anilines is 1. The predicted octanol–water partition coefficient (Wildman–Crippen LogP) is 4.03. The van der Waals surface area contributed by atoms with Crippen molar-refractivity contribution in [2.45, 2.75) is 43.2 Å². The normalized spacial score (nSPS) is 19.1. The van der Waals surface area contributed by atoms with Crippen molar-refractivity contribution >= 4 is 51.3 Å². The van der Waals surface area contributed by atoms with Crippen LogP contribution in [-0.2, 0) is 34.7 Å². The summed E-state index contributed by atoms with van der Waals surface area (Å²) >= 11 is 6.38. The Hall–Kier alpha value is -4.91. The minimum Gasteiger partial charge on any atom is -0.481 e. The van der Waals surface area contributed by atoms with Crippen LogP contribution in [0.5, 0.6) is 5.88 Å². The van der Waals surface area contributed by atoms with Gasteiger partial charge in [-0.2, -0.15) is 4.31 Å². The number of piperazine rings is 1. The zero-order valence-corrected chi connectivity index (χ0v) is 31.4. The third-order valence-electron chi connectivity index (χ3n) is 8.82. The number of benzene rings is 2. The number of carboxylic acids is 2. The van der Waals surface area contributed by atoms with Gasteiger partial charge in [0, 0.05) is 68.9 Å². The van der Waals surface area contributed by atoms with E-state index in [1.54, 1.807) is 0 Å². The Morgan fingerprint density at radius 3 is 2.11 bits per heavy atom. The molecule has 2 amide bonds. The molecule has 1 atom stereocenters. The summed E-state index contributed by atoms with van der Waals surface area (Å²) in [6.07, 6.45) is 2.56. The lowest BCUT2D eigenvalue weighted by atomic mass is 9.87. The number of likely N-dealkylation sites (tertiary alicyclic amines) is 1. The molecule has 0 bridgehead atoms. The highest BCUT2D eigenvalue weighted by molar-refractivity contribution is 7.93. The minimum absolute atomic E-state index is 0.0680. The van der Waals surface area contributed by atoms with Crippen LogP contribution in [0.3, 0.4) is 0 Å². The van der Waals surface area contributed by atoms with Gasteiger partial charge >= 0.3 is 6.09 Å². The Morgan fingerprint density at radius 1 is 0.926 bits per heavy atom. The number of rotatable bonds is 6. The molecule has 6 rings (SSSR count). The molecule has 0 radical (unpaired) electrons. The van der Waals surface area contributed by atoms with Gasteiger partial charge in [-0.1, -0.05) is 11.6 Å². The molecular formula is C35H40ClF2N5O10S. The molecule has 3 aliphatic rings. The summed E-state index contributed by atoms with van der Waals surface area (Å²) in [5.41, 5.74) is -2.85. The van der Waals surface area contributed by atoms with Crippen molar-refractivity contribution in [3.05, 3.63) is 82.5 Å². The van der Waals surface area contributed by atoms with Crippen LogP contribution in [0.25, 0.3) is 0 Å². The lowest BCUT2D eigenvalue weighted by Gasteiger charge is -2.42. The summed E-state index contributed by atoms with van der Waals surface area (Å²) < 4.78 is 68.6. The topological polar surface area (TPSA) is 187 Å². The highest BCUT2D eigenvalue weighted by Gasteiger charge is 2.61. The maximum Gasteiger partial charge on any atom is 0.411 e. The Kier molecular flexibility index (Phi) is 13.5. The summed E-state index contributed by atoms with van der Waals surface area (Å²) in [6, 6.07) is 9.10. The number of hydrogen-bond donors (Lipinski definition) is 2. The first-order valence-corrected chi connectivity index (χ1v) is 18.4. The molecule has 0 spiro atoms. The van der Waals surface area contributed by atoms with Crippen molar-refractivity contribution in [3.63, 3.8) is 0 Å². The molecule has 2 aromatic carbocycles. The molecule has 1 unspecified atom stereocenters. The van der Waals surface area contributed by atoms with Crippen molar-refractivity contribution in [1.82, 2.24) is 19.7 Å². The summed E-state index contributed by atoms with van der Waals surface area (Å²) in [5, 5.41) is 14.9. The van der Waals surface area contributed by atoms with E-state index in [-0.39, 0.29) is 27.7 Å². The summed E-state index contributed by atoms with van der Waals surface area (Å²) in [7, 11) is -1.63. The predicted molar refractivity (Wildman–Crippen MR) is 191 cm³/mol. The molecular weight excluding hydrogens is 756 g/mol. The van der Waals surface area contributed by atoms with Gasteiger partial charge in [-0.05, 0) is 75.4 Å². The van der Waals surface area contributed by atoms with Crippen LogP contribution in [0.4, 0.5) is 19.3 Å². The number of sulfonamides is 1. The van der Waals surface area contributed by atoms with E-state index < -0.39 is 56.1 Å². The number of methoxy groups -OCH3 is 1. The number of aromatic nitrogens is 1. The number of carbonyl (C=O) groups excluding carboxylic acids is 2.